The molecule has 0 amide bonds. The van der Waals surface area contributed by atoms with Gasteiger partial charge in [-0.3, -0.25) is 9.69 Å². The summed E-state index contributed by atoms with van der Waals surface area (Å²) in [7, 11) is 3.33. The lowest BCUT2D eigenvalue weighted by molar-refractivity contribution is -0.145. The second-order valence-corrected chi connectivity index (χ2v) is 4.27. The van der Waals surface area contributed by atoms with E-state index in [0.717, 1.165) is 12.3 Å². The van der Waals surface area contributed by atoms with Crippen LogP contribution < -0.4 is 4.74 Å². The fraction of sp³-hybridized carbons (Fsp3) is 0.462. The highest BCUT2D eigenvalue weighted by Crippen LogP contribution is 2.22. The smallest absolute Gasteiger partial charge is 0.323 e. The van der Waals surface area contributed by atoms with Crippen molar-refractivity contribution in [2.75, 3.05) is 20.7 Å². The van der Waals surface area contributed by atoms with Crippen LogP contribution >= 0.6 is 0 Å². The van der Waals surface area contributed by atoms with E-state index in [4.69, 9.17) is 9.47 Å². The van der Waals surface area contributed by atoms with Crippen LogP contribution in [0.25, 0.3) is 0 Å². The summed E-state index contributed by atoms with van der Waals surface area (Å²) in [5.74, 6) is 0.656. The van der Waals surface area contributed by atoms with Crippen molar-refractivity contribution in [2.45, 2.75) is 18.6 Å². The Bertz CT molecular complexity index is 380. The van der Waals surface area contributed by atoms with E-state index in [1.165, 1.54) is 7.11 Å². The molecule has 0 spiro atoms. The minimum absolute atomic E-state index is 0.0477. The minimum atomic E-state index is -0.188. The van der Waals surface area contributed by atoms with Gasteiger partial charge in [-0.05, 0) is 19.2 Å². The van der Waals surface area contributed by atoms with Crippen molar-refractivity contribution in [1.82, 2.24) is 4.90 Å². The summed E-state index contributed by atoms with van der Waals surface area (Å²) < 4.78 is 10.6. The number of carbonyl (C=O) groups excluding carboxylic acids is 1. The number of esters is 1. The number of likely N-dealkylation sites (N-methyl/N-ethyl adjacent to an activating group) is 1. The number of para-hydroxylation sites is 1. The standard InChI is InChI=1S/C13H17NO3/c1-14-9-11(8-12(14)13(15)16-2)17-10-6-4-3-5-7-10/h3-7,11-12H,8-9H2,1-2H3/t11-,12-/m0/s1. The van der Waals surface area contributed by atoms with Gasteiger partial charge in [0.1, 0.15) is 17.9 Å². The number of likely N-dealkylation sites (tertiary alicyclic amines) is 1. The molecule has 1 aliphatic heterocycles. The number of nitrogens with zero attached hydrogens (tertiary/aromatic N) is 1. The van der Waals surface area contributed by atoms with Crippen LogP contribution in [-0.2, 0) is 9.53 Å². The summed E-state index contributed by atoms with van der Waals surface area (Å²) >= 11 is 0. The summed E-state index contributed by atoms with van der Waals surface area (Å²) in [6.45, 7) is 0.745. The summed E-state index contributed by atoms with van der Waals surface area (Å²) in [5, 5.41) is 0. The molecule has 0 saturated carbocycles. The summed E-state index contributed by atoms with van der Waals surface area (Å²) in [6.07, 6.45) is 0.726. The van der Waals surface area contributed by atoms with E-state index in [-0.39, 0.29) is 18.1 Å². The van der Waals surface area contributed by atoms with Gasteiger partial charge in [0.05, 0.1) is 7.11 Å². The van der Waals surface area contributed by atoms with Gasteiger partial charge in [-0.15, -0.1) is 0 Å². The molecule has 17 heavy (non-hydrogen) atoms. The highest BCUT2D eigenvalue weighted by atomic mass is 16.5. The fourth-order valence-corrected chi connectivity index (χ4v) is 2.14. The molecule has 1 fully saturated rings. The van der Waals surface area contributed by atoms with Crippen molar-refractivity contribution in [3.63, 3.8) is 0 Å². The molecule has 0 bridgehead atoms. The molecule has 0 radical (unpaired) electrons. The molecule has 92 valence electrons. The Hall–Kier alpha value is -1.55. The predicted molar refractivity (Wildman–Crippen MR) is 63.9 cm³/mol. The van der Waals surface area contributed by atoms with Gasteiger partial charge >= 0.3 is 5.97 Å². The van der Waals surface area contributed by atoms with E-state index in [1.807, 2.05) is 42.3 Å². The minimum Gasteiger partial charge on any atom is -0.489 e. The number of carbonyl (C=O) groups is 1. The zero-order chi connectivity index (χ0) is 12.3. The zero-order valence-electron chi connectivity index (χ0n) is 10.1. The monoisotopic (exact) mass is 235 g/mol. The van der Waals surface area contributed by atoms with Gasteiger partial charge in [-0.25, -0.2) is 0 Å². The highest BCUT2D eigenvalue weighted by Gasteiger charge is 2.36. The maximum absolute atomic E-state index is 11.5. The Morgan fingerprint density at radius 1 is 1.35 bits per heavy atom. The Morgan fingerprint density at radius 2 is 2.06 bits per heavy atom. The topological polar surface area (TPSA) is 38.8 Å². The second-order valence-electron chi connectivity index (χ2n) is 4.27. The summed E-state index contributed by atoms with van der Waals surface area (Å²) in [4.78, 5) is 13.5. The number of hydrogen-bond acceptors (Lipinski definition) is 4. The molecule has 0 unspecified atom stereocenters. The third kappa shape index (κ3) is 2.77. The van der Waals surface area contributed by atoms with Crippen LogP contribution in [0.2, 0.25) is 0 Å². The molecule has 0 aliphatic carbocycles. The normalized spacial score (nSPS) is 24.6. The molecular weight excluding hydrogens is 218 g/mol. The molecule has 1 heterocycles. The maximum atomic E-state index is 11.5. The molecule has 0 aromatic heterocycles. The molecule has 2 atom stereocenters. The Kier molecular flexibility index (Phi) is 3.64. The molecule has 1 aromatic rings. The average molecular weight is 235 g/mol. The molecule has 1 aliphatic rings. The lowest BCUT2D eigenvalue weighted by Crippen LogP contribution is -2.33. The molecule has 4 nitrogen and oxygen atoms in total. The second kappa shape index (κ2) is 5.19. The highest BCUT2D eigenvalue weighted by molar-refractivity contribution is 5.76. The van der Waals surface area contributed by atoms with E-state index in [1.54, 1.807) is 0 Å². The Balaban J connectivity index is 1.95. The van der Waals surface area contributed by atoms with Crippen molar-refractivity contribution in [2.24, 2.45) is 0 Å². The number of hydrogen-bond donors (Lipinski definition) is 0. The number of benzene rings is 1. The molecular formula is C13H17NO3. The van der Waals surface area contributed by atoms with E-state index in [2.05, 4.69) is 0 Å². The van der Waals surface area contributed by atoms with Gasteiger partial charge in [0, 0.05) is 13.0 Å². The average Bonchev–Trinajstić information content (AvgIpc) is 2.70. The first-order valence-corrected chi connectivity index (χ1v) is 5.70. The van der Waals surface area contributed by atoms with Gasteiger partial charge in [-0.1, -0.05) is 18.2 Å². The first-order valence-electron chi connectivity index (χ1n) is 5.70. The van der Waals surface area contributed by atoms with Crippen molar-refractivity contribution in [3.8, 4) is 5.75 Å². The van der Waals surface area contributed by atoms with E-state index >= 15 is 0 Å². The first-order chi connectivity index (χ1) is 8.20. The van der Waals surface area contributed by atoms with Gasteiger partial charge in [-0.2, -0.15) is 0 Å². The van der Waals surface area contributed by atoms with Crippen molar-refractivity contribution >= 4 is 5.97 Å². The largest absolute Gasteiger partial charge is 0.489 e. The Morgan fingerprint density at radius 3 is 2.71 bits per heavy atom. The maximum Gasteiger partial charge on any atom is 0.323 e. The van der Waals surface area contributed by atoms with Crippen LogP contribution in [0.4, 0.5) is 0 Å². The predicted octanol–water partition coefficient (Wildman–Crippen LogP) is 1.31. The van der Waals surface area contributed by atoms with Crippen LogP contribution in [0, 0.1) is 0 Å². The van der Waals surface area contributed by atoms with Gasteiger partial charge < -0.3 is 9.47 Å². The van der Waals surface area contributed by atoms with Crippen molar-refractivity contribution in [3.05, 3.63) is 30.3 Å². The third-order valence-corrected chi connectivity index (χ3v) is 3.03. The van der Waals surface area contributed by atoms with Crippen LogP contribution in [0.3, 0.4) is 0 Å². The lowest BCUT2D eigenvalue weighted by atomic mass is 10.2. The number of rotatable bonds is 3. The molecule has 1 aromatic carbocycles. The van der Waals surface area contributed by atoms with E-state index in [0.29, 0.717) is 6.42 Å². The van der Waals surface area contributed by atoms with Gasteiger partial charge in [0.2, 0.25) is 0 Å². The molecule has 1 saturated heterocycles. The van der Waals surface area contributed by atoms with Gasteiger partial charge in [0.15, 0.2) is 0 Å². The van der Waals surface area contributed by atoms with Crippen LogP contribution in [0.5, 0.6) is 5.75 Å². The number of ether oxygens (including phenoxy) is 2. The van der Waals surface area contributed by atoms with Gasteiger partial charge in [0.25, 0.3) is 0 Å². The summed E-state index contributed by atoms with van der Waals surface area (Å²) in [6, 6.07) is 9.48. The zero-order valence-corrected chi connectivity index (χ0v) is 10.1. The van der Waals surface area contributed by atoms with Crippen LogP contribution in [0.15, 0.2) is 30.3 Å². The quantitative estimate of drug-likeness (QED) is 0.740. The van der Waals surface area contributed by atoms with Crippen molar-refractivity contribution in [1.29, 1.82) is 0 Å². The van der Waals surface area contributed by atoms with Crippen LogP contribution in [-0.4, -0.2) is 43.7 Å². The SMILES string of the molecule is COC(=O)[C@@H]1C[C@H](Oc2ccccc2)CN1C. The number of methoxy groups -OCH3 is 1. The van der Waals surface area contributed by atoms with E-state index in [9.17, 15) is 4.79 Å². The summed E-state index contributed by atoms with van der Waals surface area (Å²) in [5.41, 5.74) is 0. The Labute approximate surface area is 101 Å². The molecule has 2 rings (SSSR count). The van der Waals surface area contributed by atoms with E-state index < -0.39 is 0 Å². The molecule has 4 heteroatoms. The first kappa shape index (κ1) is 11.9. The van der Waals surface area contributed by atoms with Crippen molar-refractivity contribution < 1.29 is 14.3 Å². The lowest BCUT2D eigenvalue weighted by Gasteiger charge is -2.15. The molecule has 0 N–H and O–H groups in total. The fourth-order valence-electron chi connectivity index (χ4n) is 2.14. The third-order valence-electron chi connectivity index (χ3n) is 3.03. The van der Waals surface area contributed by atoms with Crippen LogP contribution in [0.1, 0.15) is 6.42 Å².